The number of esters is 1. The second kappa shape index (κ2) is 8.19. The lowest BCUT2D eigenvalue weighted by Crippen LogP contribution is -2.11. The van der Waals surface area contributed by atoms with E-state index >= 15 is 0 Å². The van der Waals surface area contributed by atoms with Crippen molar-refractivity contribution in [2.45, 2.75) is 33.7 Å². The second-order valence-corrected chi connectivity index (χ2v) is 7.79. The van der Waals surface area contributed by atoms with E-state index in [1.165, 1.54) is 7.11 Å². The molecule has 0 radical (unpaired) electrons. The zero-order valence-electron chi connectivity index (χ0n) is 16.6. The number of halogens is 1. The Hall–Kier alpha value is -2.59. The maximum atomic E-state index is 12.6. The van der Waals surface area contributed by atoms with Crippen LogP contribution in [-0.4, -0.2) is 23.4 Å². The molecule has 0 fully saturated rings. The van der Waals surface area contributed by atoms with Gasteiger partial charge in [-0.1, -0.05) is 49.7 Å². The van der Waals surface area contributed by atoms with Gasteiger partial charge in [-0.2, -0.15) is 0 Å². The van der Waals surface area contributed by atoms with E-state index in [0.717, 1.165) is 28.5 Å². The smallest absolute Gasteiger partial charge is 0.337 e. The lowest BCUT2D eigenvalue weighted by Gasteiger charge is -2.12. The molecule has 0 aliphatic heterocycles. The van der Waals surface area contributed by atoms with Crippen LogP contribution in [0.1, 0.15) is 52.7 Å². The molecule has 0 saturated heterocycles. The highest BCUT2D eigenvalue weighted by atomic mass is 35.5. The summed E-state index contributed by atoms with van der Waals surface area (Å²) in [5.41, 5.74) is 3.90. The van der Waals surface area contributed by atoms with Gasteiger partial charge in [0.15, 0.2) is 5.78 Å². The predicted octanol–water partition coefficient (Wildman–Crippen LogP) is 5.53. The summed E-state index contributed by atoms with van der Waals surface area (Å²) in [6.07, 6.45) is 0.776. The van der Waals surface area contributed by atoms with E-state index < -0.39 is 5.97 Å². The standard InChI is InChI=1S/C23H24ClNO3/c1-14(2)11-19-18-10-9-16(23(27)28-4)12-21(18)25(22(19)15(3)26)13-17-7-5-6-8-20(17)24/h5-10,12,14H,11,13H2,1-4H3. The van der Waals surface area contributed by atoms with E-state index in [1.807, 2.05) is 34.9 Å². The molecular formula is C23H24ClNO3. The van der Waals surface area contributed by atoms with Crippen LogP contribution in [0.2, 0.25) is 5.02 Å². The molecule has 0 atom stereocenters. The van der Waals surface area contributed by atoms with Crippen molar-refractivity contribution in [2.75, 3.05) is 7.11 Å². The van der Waals surface area contributed by atoms with Gasteiger partial charge in [0.2, 0.25) is 0 Å². The van der Waals surface area contributed by atoms with Crippen LogP contribution in [0.15, 0.2) is 42.5 Å². The molecule has 3 rings (SSSR count). The first kappa shape index (κ1) is 20.2. The number of rotatable bonds is 6. The van der Waals surface area contributed by atoms with Gasteiger partial charge >= 0.3 is 5.97 Å². The molecular weight excluding hydrogens is 374 g/mol. The number of carbonyl (C=O) groups excluding carboxylic acids is 2. The lowest BCUT2D eigenvalue weighted by molar-refractivity contribution is 0.0600. The molecule has 4 nitrogen and oxygen atoms in total. The zero-order valence-corrected chi connectivity index (χ0v) is 17.3. The summed E-state index contributed by atoms with van der Waals surface area (Å²) in [6, 6.07) is 13.1. The number of nitrogens with zero attached hydrogens (tertiary/aromatic N) is 1. The number of ketones is 1. The number of benzene rings is 2. The molecule has 0 amide bonds. The van der Waals surface area contributed by atoms with E-state index in [4.69, 9.17) is 16.3 Å². The summed E-state index contributed by atoms with van der Waals surface area (Å²) in [6.45, 7) is 6.30. The predicted molar refractivity (Wildman–Crippen MR) is 112 cm³/mol. The van der Waals surface area contributed by atoms with Crippen LogP contribution in [0.4, 0.5) is 0 Å². The number of fused-ring (bicyclic) bond motifs is 1. The first-order valence-corrected chi connectivity index (χ1v) is 9.69. The molecule has 5 heteroatoms. The van der Waals surface area contributed by atoms with Crippen molar-refractivity contribution >= 4 is 34.3 Å². The molecule has 0 aliphatic carbocycles. The van der Waals surface area contributed by atoms with Gasteiger partial charge in [-0.05, 0) is 41.7 Å². The zero-order chi connectivity index (χ0) is 20.4. The molecule has 0 bridgehead atoms. The molecule has 0 N–H and O–H groups in total. The van der Waals surface area contributed by atoms with E-state index in [-0.39, 0.29) is 5.78 Å². The third-order valence-electron chi connectivity index (χ3n) is 4.82. The van der Waals surface area contributed by atoms with Crippen LogP contribution in [0.25, 0.3) is 10.9 Å². The fourth-order valence-electron chi connectivity index (χ4n) is 3.64. The number of Topliss-reactive ketones (excluding diaryl/α,β-unsaturated/α-hetero) is 1. The summed E-state index contributed by atoms with van der Waals surface area (Å²) in [4.78, 5) is 24.7. The summed E-state index contributed by atoms with van der Waals surface area (Å²) < 4.78 is 6.85. The van der Waals surface area contributed by atoms with Gasteiger partial charge in [0.05, 0.1) is 23.9 Å². The first-order chi connectivity index (χ1) is 13.3. The third-order valence-corrected chi connectivity index (χ3v) is 5.19. The molecule has 0 aliphatic rings. The number of hydrogen-bond acceptors (Lipinski definition) is 3. The molecule has 28 heavy (non-hydrogen) atoms. The molecule has 3 aromatic rings. The Morgan fingerprint density at radius 1 is 1.14 bits per heavy atom. The SMILES string of the molecule is COC(=O)c1ccc2c(CC(C)C)c(C(C)=O)n(Cc3ccccc3Cl)c2c1. The monoisotopic (exact) mass is 397 g/mol. The van der Waals surface area contributed by atoms with Gasteiger partial charge < -0.3 is 9.30 Å². The fraction of sp³-hybridized carbons (Fsp3) is 0.304. The van der Waals surface area contributed by atoms with Crippen LogP contribution < -0.4 is 0 Å². The fourth-order valence-corrected chi connectivity index (χ4v) is 3.84. The number of ether oxygens (including phenoxy) is 1. The van der Waals surface area contributed by atoms with Crippen LogP contribution in [-0.2, 0) is 17.7 Å². The highest BCUT2D eigenvalue weighted by Crippen LogP contribution is 2.32. The van der Waals surface area contributed by atoms with Crippen LogP contribution in [0, 0.1) is 5.92 Å². The summed E-state index contributed by atoms with van der Waals surface area (Å²) in [7, 11) is 1.36. The van der Waals surface area contributed by atoms with Crippen molar-refractivity contribution in [1.29, 1.82) is 0 Å². The van der Waals surface area contributed by atoms with Crippen LogP contribution in [0.5, 0.6) is 0 Å². The molecule has 1 aromatic heterocycles. The number of hydrogen-bond donors (Lipinski definition) is 0. The topological polar surface area (TPSA) is 48.3 Å². The highest BCUT2D eigenvalue weighted by molar-refractivity contribution is 6.31. The molecule has 0 saturated carbocycles. The van der Waals surface area contributed by atoms with Crippen molar-refractivity contribution in [3.8, 4) is 0 Å². The Bertz CT molecular complexity index is 1050. The molecule has 146 valence electrons. The van der Waals surface area contributed by atoms with Crippen molar-refractivity contribution in [3.63, 3.8) is 0 Å². The minimum atomic E-state index is -0.401. The molecule has 2 aromatic carbocycles. The van der Waals surface area contributed by atoms with Crippen molar-refractivity contribution in [3.05, 3.63) is 69.9 Å². The lowest BCUT2D eigenvalue weighted by atomic mass is 9.98. The third kappa shape index (κ3) is 3.83. The van der Waals surface area contributed by atoms with Crippen LogP contribution >= 0.6 is 11.6 Å². The average Bonchev–Trinajstić information content (AvgIpc) is 2.95. The van der Waals surface area contributed by atoms with Gasteiger partial charge in [-0.15, -0.1) is 0 Å². The molecule has 1 heterocycles. The second-order valence-electron chi connectivity index (χ2n) is 7.38. The van der Waals surface area contributed by atoms with Crippen molar-refractivity contribution < 1.29 is 14.3 Å². The molecule has 0 spiro atoms. The number of methoxy groups -OCH3 is 1. The minimum Gasteiger partial charge on any atom is -0.465 e. The molecule has 0 unspecified atom stereocenters. The van der Waals surface area contributed by atoms with Gasteiger partial charge in [-0.25, -0.2) is 4.79 Å². The van der Waals surface area contributed by atoms with Crippen molar-refractivity contribution in [2.24, 2.45) is 5.92 Å². The van der Waals surface area contributed by atoms with E-state index in [9.17, 15) is 9.59 Å². The average molecular weight is 398 g/mol. The van der Waals surface area contributed by atoms with E-state index in [1.54, 1.807) is 19.1 Å². The Labute approximate surface area is 170 Å². The summed E-state index contributed by atoms with van der Waals surface area (Å²) in [5, 5.41) is 1.63. The highest BCUT2D eigenvalue weighted by Gasteiger charge is 2.22. The Kier molecular flexibility index (Phi) is 5.90. The Balaban J connectivity index is 2.30. The van der Waals surface area contributed by atoms with E-state index in [2.05, 4.69) is 13.8 Å². The van der Waals surface area contributed by atoms with Crippen molar-refractivity contribution in [1.82, 2.24) is 4.57 Å². The Morgan fingerprint density at radius 3 is 2.46 bits per heavy atom. The summed E-state index contributed by atoms with van der Waals surface area (Å²) >= 11 is 6.38. The van der Waals surface area contributed by atoms with Gasteiger partial charge in [-0.3, -0.25) is 4.79 Å². The van der Waals surface area contributed by atoms with Gasteiger partial charge in [0.1, 0.15) is 0 Å². The number of carbonyl (C=O) groups is 2. The van der Waals surface area contributed by atoms with E-state index in [0.29, 0.717) is 28.7 Å². The largest absolute Gasteiger partial charge is 0.465 e. The van der Waals surface area contributed by atoms with Gasteiger partial charge in [0.25, 0.3) is 0 Å². The minimum absolute atomic E-state index is 0.00137. The number of aromatic nitrogens is 1. The van der Waals surface area contributed by atoms with Gasteiger partial charge in [0, 0.05) is 23.9 Å². The summed E-state index contributed by atoms with van der Waals surface area (Å²) in [5.74, 6) is -0.0153. The van der Waals surface area contributed by atoms with Crippen LogP contribution in [0.3, 0.4) is 0 Å². The normalized spacial score (nSPS) is 11.2. The quantitative estimate of drug-likeness (QED) is 0.405. The maximum absolute atomic E-state index is 12.6. The maximum Gasteiger partial charge on any atom is 0.337 e. The Morgan fingerprint density at radius 2 is 1.86 bits per heavy atom. The first-order valence-electron chi connectivity index (χ1n) is 9.31.